The molecule has 0 aliphatic carbocycles. The summed E-state index contributed by atoms with van der Waals surface area (Å²) in [5.74, 6) is 0.628. The van der Waals surface area contributed by atoms with Crippen LogP contribution in [0.1, 0.15) is 43.0 Å². The van der Waals surface area contributed by atoms with E-state index in [-0.39, 0.29) is 24.3 Å². The number of piperidine rings is 1. The van der Waals surface area contributed by atoms with E-state index in [1.807, 2.05) is 37.3 Å². The van der Waals surface area contributed by atoms with Crippen molar-refractivity contribution < 1.29 is 9.59 Å². The van der Waals surface area contributed by atoms with Crippen LogP contribution in [0.25, 0.3) is 0 Å². The van der Waals surface area contributed by atoms with E-state index < -0.39 is 0 Å². The van der Waals surface area contributed by atoms with Gasteiger partial charge in [-0.2, -0.15) is 0 Å². The monoisotopic (exact) mass is 366 g/mol. The molecule has 1 fully saturated rings. The molecule has 1 aromatic heterocycles. The molecular formula is C21H26N4O2. The number of pyridine rings is 1. The number of aromatic nitrogens is 1. The summed E-state index contributed by atoms with van der Waals surface area (Å²) in [4.78, 5) is 31.1. The maximum absolute atomic E-state index is 12.2. The first-order chi connectivity index (χ1) is 13.1. The van der Waals surface area contributed by atoms with Gasteiger partial charge < -0.3 is 15.5 Å². The number of anilines is 2. The van der Waals surface area contributed by atoms with E-state index >= 15 is 0 Å². The largest absolute Gasteiger partial charge is 0.357 e. The highest BCUT2D eigenvalue weighted by molar-refractivity contribution is 5.95. The highest BCUT2D eigenvalue weighted by Gasteiger charge is 2.14. The van der Waals surface area contributed by atoms with Crippen molar-refractivity contribution in [2.24, 2.45) is 0 Å². The number of amides is 2. The third kappa shape index (κ3) is 5.54. The number of benzene rings is 1. The third-order valence-electron chi connectivity index (χ3n) is 4.62. The van der Waals surface area contributed by atoms with Gasteiger partial charge in [-0.3, -0.25) is 9.59 Å². The Morgan fingerprint density at radius 3 is 2.48 bits per heavy atom. The van der Waals surface area contributed by atoms with Crippen LogP contribution in [0.3, 0.4) is 0 Å². The molecule has 1 saturated heterocycles. The Balaban J connectivity index is 1.47. The van der Waals surface area contributed by atoms with E-state index in [2.05, 4.69) is 20.5 Å². The van der Waals surface area contributed by atoms with E-state index in [0.717, 1.165) is 18.9 Å². The standard InChI is InChI=1S/C21H26N4O2/c1-16(23-21(27)17-8-4-2-5-9-17)14-20(26)24-18-10-11-19(22-15-18)25-12-6-3-7-13-25/h2,4-5,8-11,15-16H,3,6-7,12-14H2,1H3,(H,23,27)(H,24,26). The van der Waals surface area contributed by atoms with Crippen molar-refractivity contribution in [2.75, 3.05) is 23.3 Å². The van der Waals surface area contributed by atoms with Gasteiger partial charge in [-0.05, 0) is 50.5 Å². The van der Waals surface area contributed by atoms with Crippen molar-refractivity contribution in [1.82, 2.24) is 10.3 Å². The number of rotatable bonds is 6. The number of nitrogens with one attached hydrogen (secondary N) is 2. The fourth-order valence-electron chi connectivity index (χ4n) is 3.21. The molecule has 0 saturated carbocycles. The lowest BCUT2D eigenvalue weighted by molar-refractivity contribution is -0.116. The van der Waals surface area contributed by atoms with Gasteiger partial charge in [-0.1, -0.05) is 18.2 Å². The van der Waals surface area contributed by atoms with E-state index in [0.29, 0.717) is 11.3 Å². The number of carbonyl (C=O) groups is 2. The van der Waals surface area contributed by atoms with Gasteiger partial charge in [-0.25, -0.2) is 4.98 Å². The third-order valence-corrected chi connectivity index (χ3v) is 4.62. The summed E-state index contributed by atoms with van der Waals surface area (Å²) in [6, 6.07) is 12.5. The van der Waals surface area contributed by atoms with Crippen LogP contribution in [0.15, 0.2) is 48.7 Å². The summed E-state index contributed by atoms with van der Waals surface area (Å²) in [6.07, 6.45) is 5.57. The maximum atomic E-state index is 12.2. The molecule has 1 unspecified atom stereocenters. The van der Waals surface area contributed by atoms with Crippen LogP contribution in [-0.2, 0) is 4.79 Å². The van der Waals surface area contributed by atoms with Gasteiger partial charge in [-0.15, -0.1) is 0 Å². The molecule has 142 valence electrons. The molecule has 1 aromatic carbocycles. The van der Waals surface area contributed by atoms with Crippen molar-refractivity contribution >= 4 is 23.3 Å². The number of hydrogen-bond donors (Lipinski definition) is 2. The van der Waals surface area contributed by atoms with Gasteiger partial charge in [0.25, 0.3) is 5.91 Å². The molecule has 27 heavy (non-hydrogen) atoms. The van der Waals surface area contributed by atoms with Gasteiger partial charge in [0.2, 0.25) is 5.91 Å². The molecule has 0 radical (unpaired) electrons. The topological polar surface area (TPSA) is 74.3 Å². The van der Waals surface area contributed by atoms with Gasteiger partial charge in [0.15, 0.2) is 0 Å². The van der Waals surface area contributed by atoms with Crippen LogP contribution >= 0.6 is 0 Å². The second kappa shape index (κ2) is 9.16. The molecule has 1 aliphatic rings. The minimum atomic E-state index is -0.265. The molecule has 0 spiro atoms. The lowest BCUT2D eigenvalue weighted by Crippen LogP contribution is -2.35. The fourth-order valence-corrected chi connectivity index (χ4v) is 3.21. The zero-order valence-electron chi connectivity index (χ0n) is 15.6. The summed E-state index contributed by atoms with van der Waals surface area (Å²) in [7, 11) is 0. The minimum Gasteiger partial charge on any atom is -0.357 e. The van der Waals surface area contributed by atoms with Crippen LogP contribution in [0.4, 0.5) is 11.5 Å². The van der Waals surface area contributed by atoms with E-state index in [4.69, 9.17) is 0 Å². The fraction of sp³-hybridized carbons (Fsp3) is 0.381. The van der Waals surface area contributed by atoms with E-state index in [1.54, 1.807) is 18.3 Å². The van der Waals surface area contributed by atoms with Gasteiger partial charge in [0, 0.05) is 31.1 Å². The SMILES string of the molecule is CC(CC(=O)Nc1ccc(N2CCCCC2)nc1)NC(=O)c1ccccc1. The summed E-state index contributed by atoms with van der Waals surface area (Å²) < 4.78 is 0. The van der Waals surface area contributed by atoms with Crippen LogP contribution < -0.4 is 15.5 Å². The van der Waals surface area contributed by atoms with E-state index in [9.17, 15) is 9.59 Å². The zero-order valence-corrected chi connectivity index (χ0v) is 15.6. The van der Waals surface area contributed by atoms with Crippen LogP contribution in [0, 0.1) is 0 Å². The highest BCUT2D eigenvalue weighted by atomic mass is 16.2. The lowest BCUT2D eigenvalue weighted by atomic mass is 10.1. The van der Waals surface area contributed by atoms with Crippen LogP contribution in [-0.4, -0.2) is 35.9 Å². The molecule has 0 bridgehead atoms. The summed E-state index contributed by atoms with van der Waals surface area (Å²) in [6.45, 7) is 3.90. The molecule has 3 rings (SSSR count). The molecule has 6 heteroatoms. The molecule has 2 amide bonds. The Bertz CT molecular complexity index is 756. The maximum Gasteiger partial charge on any atom is 0.251 e. The molecular weight excluding hydrogens is 340 g/mol. The Labute approximate surface area is 160 Å². The molecule has 6 nitrogen and oxygen atoms in total. The van der Waals surface area contributed by atoms with Crippen molar-refractivity contribution in [3.63, 3.8) is 0 Å². The Kier molecular flexibility index (Phi) is 6.41. The predicted octanol–water partition coefficient (Wildman–Crippen LogP) is 3.22. The molecule has 2 aromatic rings. The number of hydrogen-bond acceptors (Lipinski definition) is 4. The summed E-state index contributed by atoms with van der Waals surface area (Å²) in [5, 5.41) is 5.69. The molecule has 1 aliphatic heterocycles. The van der Waals surface area contributed by atoms with Crippen molar-refractivity contribution in [1.29, 1.82) is 0 Å². The summed E-state index contributed by atoms with van der Waals surface area (Å²) in [5.41, 5.74) is 1.25. The zero-order chi connectivity index (χ0) is 19.1. The predicted molar refractivity (Wildman–Crippen MR) is 107 cm³/mol. The summed E-state index contributed by atoms with van der Waals surface area (Å²) >= 11 is 0. The second-order valence-electron chi connectivity index (χ2n) is 6.95. The van der Waals surface area contributed by atoms with Gasteiger partial charge in [0.1, 0.15) is 5.82 Å². The normalized spacial score (nSPS) is 15.1. The van der Waals surface area contributed by atoms with Gasteiger partial charge >= 0.3 is 0 Å². The van der Waals surface area contributed by atoms with Gasteiger partial charge in [0.05, 0.1) is 11.9 Å². The Morgan fingerprint density at radius 1 is 1.07 bits per heavy atom. The van der Waals surface area contributed by atoms with Crippen molar-refractivity contribution in [3.05, 3.63) is 54.2 Å². The first kappa shape index (κ1) is 18.9. The lowest BCUT2D eigenvalue weighted by Gasteiger charge is -2.27. The van der Waals surface area contributed by atoms with Crippen molar-refractivity contribution in [3.8, 4) is 0 Å². The quantitative estimate of drug-likeness (QED) is 0.823. The number of nitrogens with zero attached hydrogens (tertiary/aromatic N) is 2. The first-order valence-electron chi connectivity index (χ1n) is 9.48. The van der Waals surface area contributed by atoms with Crippen molar-refractivity contribution in [2.45, 2.75) is 38.6 Å². The molecule has 2 heterocycles. The van der Waals surface area contributed by atoms with E-state index in [1.165, 1.54) is 19.3 Å². The average molecular weight is 366 g/mol. The molecule has 2 N–H and O–H groups in total. The minimum absolute atomic E-state index is 0.150. The smallest absolute Gasteiger partial charge is 0.251 e. The first-order valence-corrected chi connectivity index (χ1v) is 9.48. The Morgan fingerprint density at radius 2 is 1.81 bits per heavy atom. The molecule has 1 atom stereocenters. The van der Waals surface area contributed by atoms with Crippen LogP contribution in [0.2, 0.25) is 0 Å². The van der Waals surface area contributed by atoms with Crippen LogP contribution in [0.5, 0.6) is 0 Å². The Hall–Kier alpha value is -2.89. The second-order valence-corrected chi connectivity index (χ2v) is 6.95. The average Bonchev–Trinajstić information content (AvgIpc) is 2.69. The highest BCUT2D eigenvalue weighted by Crippen LogP contribution is 2.19. The number of carbonyl (C=O) groups excluding carboxylic acids is 2.